The van der Waals surface area contributed by atoms with E-state index < -0.39 is 17.0 Å². The first-order valence-electron chi connectivity index (χ1n) is 4.90. The van der Waals surface area contributed by atoms with Gasteiger partial charge in [-0.2, -0.15) is 0 Å². The Morgan fingerprint density at radius 2 is 1.73 bits per heavy atom. The average Bonchev–Trinajstić information content (AvgIpc) is 2.12. The molecule has 1 aliphatic rings. The number of rotatable bonds is 1. The van der Waals surface area contributed by atoms with Crippen LogP contribution in [0.1, 0.15) is 31.7 Å². The van der Waals surface area contributed by atoms with Gasteiger partial charge in [0.15, 0.2) is 0 Å². The van der Waals surface area contributed by atoms with Crippen LogP contribution < -0.4 is 0 Å². The molecule has 1 aromatic carbocycles. The summed E-state index contributed by atoms with van der Waals surface area (Å²) in [6, 6.07) is 3.46. The standard InChI is InChI=1S/C12H12F2O/c1-12(2)10(6-11(12)15)7-3-8(13)5-9(14)4-7/h3-5,10H,6H2,1-2H3. The summed E-state index contributed by atoms with van der Waals surface area (Å²) in [4.78, 5) is 11.3. The van der Waals surface area contributed by atoms with Crippen molar-refractivity contribution in [3.63, 3.8) is 0 Å². The number of Topliss-reactive ketones (excluding diaryl/α,β-unsaturated/α-hetero) is 1. The molecular weight excluding hydrogens is 198 g/mol. The van der Waals surface area contributed by atoms with Crippen molar-refractivity contribution in [1.29, 1.82) is 0 Å². The van der Waals surface area contributed by atoms with Crippen LogP contribution in [0.5, 0.6) is 0 Å². The monoisotopic (exact) mass is 210 g/mol. The first-order valence-corrected chi connectivity index (χ1v) is 4.90. The smallest absolute Gasteiger partial charge is 0.139 e. The highest BCUT2D eigenvalue weighted by Gasteiger charge is 2.47. The Morgan fingerprint density at radius 1 is 1.20 bits per heavy atom. The van der Waals surface area contributed by atoms with Gasteiger partial charge in [-0.3, -0.25) is 4.79 Å². The van der Waals surface area contributed by atoms with E-state index in [1.54, 1.807) is 0 Å². The van der Waals surface area contributed by atoms with Gasteiger partial charge in [-0.05, 0) is 17.7 Å². The zero-order chi connectivity index (χ0) is 11.2. The van der Waals surface area contributed by atoms with E-state index in [9.17, 15) is 13.6 Å². The van der Waals surface area contributed by atoms with Gasteiger partial charge in [0.05, 0.1) is 0 Å². The minimum Gasteiger partial charge on any atom is -0.299 e. The van der Waals surface area contributed by atoms with Crippen LogP contribution in [0.3, 0.4) is 0 Å². The molecule has 1 fully saturated rings. The van der Waals surface area contributed by atoms with E-state index in [0.717, 1.165) is 6.07 Å². The molecule has 1 saturated carbocycles. The third-order valence-corrected chi connectivity index (χ3v) is 3.27. The number of carbonyl (C=O) groups is 1. The Bertz CT molecular complexity index is 403. The molecule has 0 saturated heterocycles. The van der Waals surface area contributed by atoms with Crippen molar-refractivity contribution >= 4 is 5.78 Å². The molecule has 0 radical (unpaired) electrons. The Balaban J connectivity index is 2.36. The second kappa shape index (κ2) is 3.12. The third-order valence-electron chi connectivity index (χ3n) is 3.27. The van der Waals surface area contributed by atoms with E-state index in [4.69, 9.17) is 0 Å². The SMILES string of the molecule is CC1(C)C(=O)CC1c1cc(F)cc(F)c1. The highest BCUT2D eigenvalue weighted by Crippen LogP contribution is 2.49. The maximum absolute atomic E-state index is 13.0. The van der Waals surface area contributed by atoms with Crippen LogP contribution in [-0.2, 0) is 4.79 Å². The lowest BCUT2D eigenvalue weighted by molar-refractivity contribution is -0.137. The zero-order valence-corrected chi connectivity index (χ0v) is 8.68. The van der Waals surface area contributed by atoms with Gasteiger partial charge >= 0.3 is 0 Å². The minimum atomic E-state index is -0.583. The van der Waals surface area contributed by atoms with Crippen LogP contribution in [0.25, 0.3) is 0 Å². The fourth-order valence-electron chi connectivity index (χ4n) is 2.08. The summed E-state index contributed by atoms with van der Waals surface area (Å²) >= 11 is 0. The summed E-state index contributed by atoms with van der Waals surface area (Å²) in [6.45, 7) is 3.62. The number of hydrogen-bond donors (Lipinski definition) is 0. The molecule has 80 valence electrons. The van der Waals surface area contributed by atoms with Crippen LogP contribution in [0.4, 0.5) is 8.78 Å². The number of carbonyl (C=O) groups excluding carboxylic acids is 1. The van der Waals surface area contributed by atoms with E-state index in [1.807, 2.05) is 13.8 Å². The Hall–Kier alpha value is -1.25. The molecule has 1 aromatic rings. The van der Waals surface area contributed by atoms with Crippen LogP contribution in [0, 0.1) is 17.0 Å². The average molecular weight is 210 g/mol. The Morgan fingerprint density at radius 3 is 2.13 bits per heavy atom. The fraction of sp³-hybridized carbons (Fsp3) is 0.417. The van der Waals surface area contributed by atoms with Gasteiger partial charge in [-0.25, -0.2) is 8.78 Å². The lowest BCUT2D eigenvalue weighted by Crippen LogP contribution is -2.43. The quantitative estimate of drug-likeness (QED) is 0.696. The second-order valence-corrected chi connectivity index (χ2v) is 4.60. The van der Waals surface area contributed by atoms with E-state index in [2.05, 4.69) is 0 Å². The molecule has 0 aromatic heterocycles. The second-order valence-electron chi connectivity index (χ2n) is 4.60. The van der Waals surface area contributed by atoms with Gasteiger partial charge < -0.3 is 0 Å². The summed E-state index contributed by atoms with van der Waals surface area (Å²) in [6.07, 6.45) is 0.385. The first kappa shape index (κ1) is 10.3. The van der Waals surface area contributed by atoms with Gasteiger partial charge in [0, 0.05) is 23.8 Å². The number of benzene rings is 1. The maximum Gasteiger partial charge on any atom is 0.139 e. The van der Waals surface area contributed by atoms with Crippen molar-refractivity contribution in [3.8, 4) is 0 Å². The molecule has 1 atom stereocenters. The van der Waals surface area contributed by atoms with E-state index >= 15 is 0 Å². The molecule has 2 rings (SSSR count). The highest BCUT2D eigenvalue weighted by atomic mass is 19.1. The first-order chi connectivity index (χ1) is 6.91. The molecule has 0 aliphatic heterocycles. The summed E-state index contributed by atoms with van der Waals surface area (Å²) in [7, 11) is 0. The maximum atomic E-state index is 13.0. The largest absolute Gasteiger partial charge is 0.299 e. The predicted molar refractivity (Wildman–Crippen MR) is 52.5 cm³/mol. The molecule has 0 N–H and O–H groups in total. The van der Waals surface area contributed by atoms with Crippen LogP contribution in [0.2, 0.25) is 0 Å². The van der Waals surface area contributed by atoms with Gasteiger partial charge in [0.2, 0.25) is 0 Å². The Labute approximate surface area is 87.1 Å². The van der Waals surface area contributed by atoms with Crippen molar-refractivity contribution in [2.24, 2.45) is 5.41 Å². The summed E-state index contributed by atoms with van der Waals surface area (Å²) in [5, 5.41) is 0. The van der Waals surface area contributed by atoms with Crippen molar-refractivity contribution in [2.45, 2.75) is 26.2 Å². The van der Waals surface area contributed by atoms with Crippen molar-refractivity contribution in [2.75, 3.05) is 0 Å². The molecule has 3 heteroatoms. The Kier molecular flexibility index (Phi) is 2.14. The van der Waals surface area contributed by atoms with E-state index in [-0.39, 0.29) is 11.7 Å². The zero-order valence-electron chi connectivity index (χ0n) is 8.68. The van der Waals surface area contributed by atoms with Gasteiger partial charge in [-0.15, -0.1) is 0 Å². The molecule has 0 spiro atoms. The van der Waals surface area contributed by atoms with Gasteiger partial charge in [0.25, 0.3) is 0 Å². The minimum absolute atomic E-state index is 0.0600. The fourth-order valence-corrected chi connectivity index (χ4v) is 2.08. The molecule has 0 heterocycles. The number of hydrogen-bond acceptors (Lipinski definition) is 1. The van der Waals surface area contributed by atoms with Crippen molar-refractivity contribution < 1.29 is 13.6 Å². The molecular formula is C12H12F2O. The molecule has 0 amide bonds. The predicted octanol–water partition coefficient (Wildman–Crippen LogP) is 3.05. The summed E-state index contributed by atoms with van der Waals surface area (Å²) in [5.41, 5.74) is 0.0948. The molecule has 1 aliphatic carbocycles. The van der Waals surface area contributed by atoms with E-state index in [1.165, 1.54) is 12.1 Å². The summed E-state index contributed by atoms with van der Waals surface area (Å²) in [5.74, 6) is -1.08. The topological polar surface area (TPSA) is 17.1 Å². The highest BCUT2D eigenvalue weighted by molar-refractivity contribution is 5.92. The van der Waals surface area contributed by atoms with Crippen LogP contribution in [0.15, 0.2) is 18.2 Å². The number of ketones is 1. The summed E-state index contributed by atoms with van der Waals surface area (Å²) < 4.78 is 25.9. The van der Waals surface area contributed by atoms with E-state index in [0.29, 0.717) is 12.0 Å². The molecule has 1 nitrogen and oxygen atoms in total. The lowest BCUT2D eigenvalue weighted by Gasteiger charge is -2.42. The van der Waals surface area contributed by atoms with Gasteiger partial charge in [-0.1, -0.05) is 13.8 Å². The molecule has 15 heavy (non-hydrogen) atoms. The van der Waals surface area contributed by atoms with Gasteiger partial charge in [0.1, 0.15) is 17.4 Å². The molecule has 0 bridgehead atoms. The molecule has 1 unspecified atom stereocenters. The van der Waals surface area contributed by atoms with Crippen LogP contribution in [-0.4, -0.2) is 5.78 Å². The van der Waals surface area contributed by atoms with Crippen molar-refractivity contribution in [3.05, 3.63) is 35.4 Å². The number of halogens is 2. The third kappa shape index (κ3) is 1.56. The van der Waals surface area contributed by atoms with Crippen LogP contribution >= 0.6 is 0 Å². The van der Waals surface area contributed by atoms with Crippen molar-refractivity contribution in [1.82, 2.24) is 0 Å². The lowest BCUT2D eigenvalue weighted by atomic mass is 9.59. The normalized spacial score (nSPS) is 23.7.